The third kappa shape index (κ3) is 3.59. The Morgan fingerprint density at radius 3 is 2.34 bits per heavy atom. The molecular formula is C22H21F3N6O. The first kappa shape index (κ1) is 20.5. The van der Waals surface area contributed by atoms with Crippen LogP contribution in [0.4, 0.5) is 19.0 Å². The van der Waals surface area contributed by atoms with Gasteiger partial charge in [0.1, 0.15) is 5.82 Å². The van der Waals surface area contributed by atoms with Gasteiger partial charge in [-0.2, -0.15) is 28.2 Å². The van der Waals surface area contributed by atoms with Crippen LogP contribution in [0.5, 0.6) is 0 Å². The summed E-state index contributed by atoms with van der Waals surface area (Å²) in [5, 5.41) is 8.26. The molecule has 2 aromatic heterocycles. The van der Waals surface area contributed by atoms with Crippen LogP contribution in [0.15, 0.2) is 48.8 Å². The van der Waals surface area contributed by atoms with Gasteiger partial charge in [-0.15, -0.1) is 0 Å². The van der Waals surface area contributed by atoms with E-state index in [-0.39, 0.29) is 18.0 Å². The molecule has 0 N–H and O–H groups in total. The van der Waals surface area contributed by atoms with Crippen molar-refractivity contribution in [2.45, 2.75) is 38.0 Å². The minimum absolute atomic E-state index is 0.0805. The highest BCUT2D eigenvalue weighted by Gasteiger charge is 2.43. The molecule has 1 amide bonds. The van der Waals surface area contributed by atoms with E-state index in [0.717, 1.165) is 25.0 Å². The Morgan fingerprint density at radius 2 is 1.69 bits per heavy atom. The maximum absolute atomic E-state index is 13.4. The Labute approximate surface area is 182 Å². The molecule has 0 radical (unpaired) electrons. The van der Waals surface area contributed by atoms with Gasteiger partial charge in [0.25, 0.3) is 5.91 Å². The number of anilines is 1. The third-order valence-corrected chi connectivity index (χ3v) is 6.07. The number of likely N-dealkylation sites (tertiary alicyclic amines) is 1. The number of fused-ring (bicyclic) bond motifs is 2. The second kappa shape index (κ2) is 7.61. The molecule has 5 rings (SSSR count). The predicted octanol–water partition coefficient (Wildman–Crippen LogP) is 3.48. The van der Waals surface area contributed by atoms with Crippen molar-refractivity contribution >= 4 is 11.7 Å². The van der Waals surface area contributed by atoms with Gasteiger partial charge in [-0.1, -0.05) is 12.1 Å². The summed E-state index contributed by atoms with van der Waals surface area (Å²) in [5.41, 5.74) is 0.712. The normalized spacial score (nSPS) is 20.6. The minimum atomic E-state index is -4.43. The lowest BCUT2D eigenvalue weighted by Crippen LogP contribution is -2.56. The highest BCUT2D eigenvalue weighted by atomic mass is 19.4. The second-order valence-corrected chi connectivity index (χ2v) is 8.19. The molecule has 2 bridgehead atoms. The lowest BCUT2D eigenvalue weighted by molar-refractivity contribution is -0.137. The lowest BCUT2D eigenvalue weighted by atomic mass is 10.1. The minimum Gasteiger partial charge on any atom is -0.347 e. The summed E-state index contributed by atoms with van der Waals surface area (Å²) >= 11 is 0. The topological polar surface area (TPSA) is 67.2 Å². The number of amides is 1. The van der Waals surface area contributed by atoms with Gasteiger partial charge in [0.15, 0.2) is 0 Å². The highest BCUT2D eigenvalue weighted by Crippen LogP contribution is 2.38. The zero-order chi connectivity index (χ0) is 22.5. The van der Waals surface area contributed by atoms with Crippen molar-refractivity contribution < 1.29 is 18.0 Å². The van der Waals surface area contributed by atoms with Crippen molar-refractivity contribution in [3.8, 4) is 5.69 Å². The number of aryl methyl sites for hydroxylation is 1. The molecule has 3 aromatic rings. The fourth-order valence-electron chi connectivity index (χ4n) is 4.73. The van der Waals surface area contributed by atoms with Gasteiger partial charge >= 0.3 is 6.18 Å². The van der Waals surface area contributed by atoms with Crippen LogP contribution in [0, 0.1) is 6.92 Å². The number of para-hydroxylation sites is 1. The number of hydrogen-bond acceptors (Lipinski definition) is 5. The van der Waals surface area contributed by atoms with Gasteiger partial charge < -0.3 is 9.80 Å². The average Bonchev–Trinajstić information content (AvgIpc) is 3.38. The number of halogens is 3. The van der Waals surface area contributed by atoms with E-state index in [1.54, 1.807) is 42.4 Å². The summed E-state index contributed by atoms with van der Waals surface area (Å²) in [5.74, 6) is 0.195. The molecule has 0 aliphatic carbocycles. The average molecular weight is 442 g/mol. The van der Waals surface area contributed by atoms with Crippen molar-refractivity contribution in [3.05, 3.63) is 65.6 Å². The van der Waals surface area contributed by atoms with E-state index in [1.807, 2.05) is 11.0 Å². The van der Waals surface area contributed by atoms with Gasteiger partial charge in [-0.3, -0.25) is 4.79 Å². The molecule has 32 heavy (non-hydrogen) atoms. The summed E-state index contributed by atoms with van der Waals surface area (Å²) in [4.78, 5) is 22.9. The van der Waals surface area contributed by atoms with Gasteiger partial charge in [0, 0.05) is 30.9 Å². The molecule has 2 saturated heterocycles. The van der Waals surface area contributed by atoms with Crippen molar-refractivity contribution in [3.63, 3.8) is 0 Å². The summed E-state index contributed by atoms with van der Waals surface area (Å²) < 4.78 is 40.0. The largest absolute Gasteiger partial charge is 0.416 e. The first-order chi connectivity index (χ1) is 15.3. The number of alkyl halides is 3. The quantitative estimate of drug-likeness (QED) is 0.621. The number of aromatic nitrogens is 4. The number of nitrogens with zero attached hydrogens (tertiary/aromatic N) is 6. The monoisotopic (exact) mass is 442 g/mol. The van der Waals surface area contributed by atoms with Crippen LogP contribution in [0.3, 0.4) is 0 Å². The molecule has 166 valence electrons. The van der Waals surface area contributed by atoms with Crippen molar-refractivity contribution in [2.75, 3.05) is 18.0 Å². The Kier molecular flexibility index (Phi) is 4.87. The van der Waals surface area contributed by atoms with Gasteiger partial charge in [0.2, 0.25) is 0 Å². The SMILES string of the molecule is Cc1cc(C(F)(F)F)cc(N2C3CCC2CN(C(=O)c2ccccc2-n2nccn2)C3)n1. The molecule has 1 aromatic carbocycles. The van der Waals surface area contributed by atoms with E-state index in [0.29, 0.717) is 35.9 Å². The van der Waals surface area contributed by atoms with Crippen LogP contribution in [0.1, 0.15) is 34.5 Å². The van der Waals surface area contributed by atoms with E-state index >= 15 is 0 Å². The maximum Gasteiger partial charge on any atom is 0.416 e. The van der Waals surface area contributed by atoms with Crippen LogP contribution in [-0.2, 0) is 6.18 Å². The molecule has 2 fully saturated rings. The van der Waals surface area contributed by atoms with Crippen LogP contribution in [0.2, 0.25) is 0 Å². The second-order valence-electron chi connectivity index (χ2n) is 8.19. The fourth-order valence-corrected chi connectivity index (χ4v) is 4.73. The molecule has 7 nitrogen and oxygen atoms in total. The highest BCUT2D eigenvalue weighted by molar-refractivity contribution is 5.98. The first-order valence-electron chi connectivity index (χ1n) is 10.4. The van der Waals surface area contributed by atoms with Gasteiger partial charge in [-0.25, -0.2) is 4.98 Å². The molecule has 0 saturated carbocycles. The Balaban J connectivity index is 1.41. The summed E-state index contributed by atoms with van der Waals surface area (Å²) in [6, 6.07) is 9.16. The van der Waals surface area contributed by atoms with Crippen molar-refractivity contribution in [2.24, 2.45) is 0 Å². The summed E-state index contributed by atoms with van der Waals surface area (Å²) in [7, 11) is 0. The molecule has 2 aliphatic heterocycles. The zero-order valence-electron chi connectivity index (χ0n) is 17.3. The Morgan fingerprint density at radius 1 is 1.03 bits per heavy atom. The molecule has 2 aliphatic rings. The number of piperazine rings is 1. The number of carbonyl (C=O) groups excluding carboxylic acids is 1. The summed E-state index contributed by atoms with van der Waals surface area (Å²) in [6.45, 7) is 2.42. The lowest BCUT2D eigenvalue weighted by Gasteiger charge is -2.42. The first-order valence-corrected chi connectivity index (χ1v) is 10.4. The number of rotatable bonds is 3. The van der Waals surface area contributed by atoms with Crippen LogP contribution in [-0.4, -0.2) is 56.0 Å². The molecule has 2 atom stereocenters. The standard InChI is InChI=1S/C22H21F3N6O/c1-14-10-15(22(23,24)25)11-20(28-14)30-16-6-7-17(30)13-29(12-16)21(32)18-4-2-3-5-19(18)31-26-8-9-27-31/h2-5,8-11,16-17H,6-7,12-13H2,1H3. The number of pyridine rings is 1. The van der Waals surface area contributed by atoms with Gasteiger partial charge in [-0.05, 0) is 44.0 Å². The Hall–Kier alpha value is -3.43. The number of carbonyl (C=O) groups is 1. The summed E-state index contributed by atoms with van der Waals surface area (Å²) in [6.07, 6.45) is 0.264. The van der Waals surface area contributed by atoms with E-state index < -0.39 is 11.7 Å². The van der Waals surface area contributed by atoms with Crippen LogP contribution >= 0.6 is 0 Å². The van der Waals surface area contributed by atoms with Crippen LogP contribution < -0.4 is 4.90 Å². The third-order valence-electron chi connectivity index (χ3n) is 6.07. The van der Waals surface area contributed by atoms with E-state index in [4.69, 9.17) is 0 Å². The van der Waals surface area contributed by atoms with Crippen LogP contribution in [0.25, 0.3) is 5.69 Å². The zero-order valence-corrected chi connectivity index (χ0v) is 17.3. The number of benzene rings is 1. The van der Waals surface area contributed by atoms with E-state index in [2.05, 4.69) is 15.2 Å². The fraction of sp³-hybridized carbons (Fsp3) is 0.364. The Bertz CT molecular complexity index is 1130. The molecular weight excluding hydrogens is 421 g/mol. The maximum atomic E-state index is 13.4. The van der Waals surface area contributed by atoms with E-state index in [9.17, 15) is 18.0 Å². The molecule has 10 heteroatoms. The molecule has 2 unspecified atom stereocenters. The molecule has 0 spiro atoms. The smallest absolute Gasteiger partial charge is 0.347 e. The number of hydrogen-bond donors (Lipinski definition) is 0. The van der Waals surface area contributed by atoms with E-state index in [1.165, 1.54) is 4.80 Å². The predicted molar refractivity (Wildman–Crippen MR) is 111 cm³/mol. The molecule has 4 heterocycles. The van der Waals surface area contributed by atoms with Gasteiger partial charge in [0.05, 0.1) is 29.2 Å². The van der Waals surface area contributed by atoms with Crippen molar-refractivity contribution in [1.82, 2.24) is 24.9 Å². The van der Waals surface area contributed by atoms with Crippen molar-refractivity contribution in [1.29, 1.82) is 0 Å².